The van der Waals surface area contributed by atoms with Gasteiger partial charge in [-0.2, -0.15) is 4.98 Å². The minimum Gasteiger partial charge on any atom is -0.394 e. The second kappa shape index (κ2) is 5.42. The highest BCUT2D eigenvalue weighted by Gasteiger charge is 2.28. The maximum atomic E-state index is 13.8. The van der Waals surface area contributed by atoms with Crippen molar-refractivity contribution >= 4 is 11.8 Å². The fourth-order valence-electron chi connectivity index (χ4n) is 1.85. The predicted octanol–water partition coefficient (Wildman–Crippen LogP) is -0.513. The number of nitrogen functional groups attached to an aromatic ring is 1. The van der Waals surface area contributed by atoms with Gasteiger partial charge in [0, 0.05) is 6.54 Å². The molecule has 0 saturated carbocycles. The van der Waals surface area contributed by atoms with Gasteiger partial charge in [0.05, 0.1) is 31.6 Å². The number of halogens is 1. The number of hydrogen-bond donors (Lipinski definition) is 3. The van der Waals surface area contributed by atoms with E-state index in [-0.39, 0.29) is 30.5 Å². The average Bonchev–Trinajstić information content (AvgIpc) is 2.40. The van der Waals surface area contributed by atoms with Gasteiger partial charge in [0.25, 0.3) is 0 Å². The molecule has 1 aromatic heterocycles. The molecule has 8 heteroatoms. The Kier molecular flexibility index (Phi) is 3.90. The first-order chi connectivity index (χ1) is 8.65. The molecule has 2 unspecified atom stereocenters. The number of ether oxygens (including phenoxy) is 1. The Morgan fingerprint density at radius 3 is 3.17 bits per heavy atom. The molecule has 2 atom stereocenters. The molecule has 0 bridgehead atoms. The van der Waals surface area contributed by atoms with Crippen LogP contribution in [0.1, 0.15) is 6.92 Å². The molecule has 100 valence electrons. The van der Waals surface area contributed by atoms with Gasteiger partial charge in [0.1, 0.15) is 0 Å². The van der Waals surface area contributed by atoms with Gasteiger partial charge in [-0.1, -0.05) is 0 Å². The number of aliphatic hydroxyl groups excluding tert-OH is 1. The van der Waals surface area contributed by atoms with Crippen LogP contribution < -0.4 is 16.2 Å². The van der Waals surface area contributed by atoms with E-state index in [9.17, 15) is 4.39 Å². The summed E-state index contributed by atoms with van der Waals surface area (Å²) in [5, 5.41) is 9.10. The Labute approximate surface area is 104 Å². The van der Waals surface area contributed by atoms with Crippen molar-refractivity contribution in [3.8, 4) is 0 Å². The highest BCUT2D eigenvalue weighted by atomic mass is 19.1. The van der Waals surface area contributed by atoms with Crippen LogP contribution in [0.3, 0.4) is 0 Å². The van der Waals surface area contributed by atoms with Gasteiger partial charge in [-0.3, -0.25) is 5.43 Å². The maximum absolute atomic E-state index is 13.8. The summed E-state index contributed by atoms with van der Waals surface area (Å²) in [7, 11) is 0. The fourth-order valence-corrected chi connectivity index (χ4v) is 1.85. The Morgan fingerprint density at radius 2 is 2.50 bits per heavy atom. The predicted molar refractivity (Wildman–Crippen MR) is 63.4 cm³/mol. The molecular weight excluding hydrogens is 241 g/mol. The third-order valence-electron chi connectivity index (χ3n) is 2.84. The lowest BCUT2D eigenvalue weighted by Gasteiger charge is -2.38. The number of rotatable bonds is 3. The van der Waals surface area contributed by atoms with Crippen molar-refractivity contribution in [2.75, 3.05) is 30.1 Å². The van der Waals surface area contributed by atoms with Gasteiger partial charge in [0.2, 0.25) is 5.95 Å². The number of nitrogens with zero attached hydrogens (tertiary/aromatic N) is 3. The minimum atomic E-state index is -0.528. The van der Waals surface area contributed by atoms with Crippen molar-refractivity contribution < 1.29 is 14.2 Å². The maximum Gasteiger partial charge on any atom is 0.239 e. The molecule has 18 heavy (non-hydrogen) atoms. The van der Waals surface area contributed by atoms with Gasteiger partial charge in [-0.25, -0.2) is 15.2 Å². The van der Waals surface area contributed by atoms with E-state index in [1.807, 2.05) is 6.92 Å². The topological polar surface area (TPSA) is 96.5 Å². The van der Waals surface area contributed by atoms with E-state index in [1.54, 1.807) is 4.90 Å². The van der Waals surface area contributed by atoms with Crippen LogP contribution in [0.25, 0.3) is 0 Å². The molecule has 1 saturated heterocycles. The van der Waals surface area contributed by atoms with Crippen LogP contribution >= 0.6 is 0 Å². The molecule has 0 amide bonds. The van der Waals surface area contributed by atoms with Gasteiger partial charge >= 0.3 is 0 Å². The number of hydrazine groups is 1. The molecule has 2 heterocycles. The van der Waals surface area contributed by atoms with Gasteiger partial charge in [-0.15, -0.1) is 0 Å². The number of nitrogens with one attached hydrogen (secondary N) is 1. The number of hydrogen-bond acceptors (Lipinski definition) is 7. The van der Waals surface area contributed by atoms with Crippen LogP contribution in [0, 0.1) is 5.82 Å². The number of aromatic nitrogens is 2. The first-order valence-corrected chi connectivity index (χ1v) is 5.64. The highest BCUT2D eigenvalue weighted by molar-refractivity contribution is 5.45. The number of anilines is 2. The van der Waals surface area contributed by atoms with E-state index in [0.717, 1.165) is 6.20 Å². The van der Waals surface area contributed by atoms with Crippen molar-refractivity contribution in [3.63, 3.8) is 0 Å². The lowest BCUT2D eigenvalue weighted by molar-refractivity contribution is -0.0107. The van der Waals surface area contributed by atoms with Crippen LogP contribution in [0.5, 0.6) is 0 Å². The third-order valence-corrected chi connectivity index (χ3v) is 2.84. The van der Waals surface area contributed by atoms with E-state index >= 15 is 0 Å². The van der Waals surface area contributed by atoms with Crippen LogP contribution in [-0.2, 0) is 4.74 Å². The van der Waals surface area contributed by atoms with Gasteiger partial charge in [-0.05, 0) is 6.92 Å². The van der Waals surface area contributed by atoms with Crippen LogP contribution in [-0.4, -0.2) is 47.0 Å². The highest BCUT2D eigenvalue weighted by Crippen LogP contribution is 2.23. The molecule has 1 fully saturated rings. The molecule has 1 aromatic rings. The molecule has 0 radical (unpaired) electrons. The summed E-state index contributed by atoms with van der Waals surface area (Å²) in [6.45, 7) is 2.55. The van der Waals surface area contributed by atoms with Crippen LogP contribution in [0.2, 0.25) is 0 Å². The van der Waals surface area contributed by atoms with Crippen molar-refractivity contribution in [2.45, 2.75) is 19.1 Å². The summed E-state index contributed by atoms with van der Waals surface area (Å²) < 4.78 is 19.1. The number of morpholine rings is 1. The molecular formula is C10H16FN5O2. The van der Waals surface area contributed by atoms with Gasteiger partial charge in [0.15, 0.2) is 11.6 Å². The SMILES string of the molecule is CC1COC(CO)CN1c1nc(NN)ncc1F. The summed E-state index contributed by atoms with van der Waals surface area (Å²) in [6, 6.07) is -0.0391. The quantitative estimate of drug-likeness (QED) is 0.495. The second-order valence-electron chi connectivity index (χ2n) is 4.15. The van der Waals surface area contributed by atoms with Crippen molar-refractivity contribution in [3.05, 3.63) is 12.0 Å². The van der Waals surface area contributed by atoms with Gasteiger partial charge < -0.3 is 14.7 Å². The largest absolute Gasteiger partial charge is 0.394 e. The Morgan fingerprint density at radius 1 is 1.72 bits per heavy atom. The number of aliphatic hydroxyl groups is 1. The Bertz CT molecular complexity index is 419. The van der Waals surface area contributed by atoms with Crippen molar-refractivity contribution in [1.82, 2.24) is 9.97 Å². The van der Waals surface area contributed by atoms with Crippen molar-refractivity contribution in [2.24, 2.45) is 5.84 Å². The molecule has 2 rings (SSSR count). The summed E-state index contributed by atoms with van der Waals surface area (Å²) in [5.74, 6) is 4.98. The fraction of sp³-hybridized carbons (Fsp3) is 0.600. The standard InChI is InChI=1S/C10H16FN5O2/c1-6-5-18-7(4-17)3-16(6)9-8(11)2-13-10(14-9)15-12/h2,6-7,17H,3-5,12H2,1H3,(H,13,14,15). The zero-order valence-electron chi connectivity index (χ0n) is 10.0. The molecule has 7 nitrogen and oxygen atoms in total. The van der Waals surface area contributed by atoms with Crippen LogP contribution in [0.15, 0.2) is 6.20 Å². The summed E-state index contributed by atoms with van der Waals surface area (Å²) in [5.41, 5.74) is 2.28. The van der Waals surface area contributed by atoms with E-state index in [1.165, 1.54) is 0 Å². The molecule has 0 aliphatic carbocycles. The van der Waals surface area contributed by atoms with E-state index in [4.69, 9.17) is 15.7 Å². The average molecular weight is 257 g/mol. The second-order valence-corrected chi connectivity index (χ2v) is 4.15. The minimum absolute atomic E-state index is 0.0391. The molecule has 1 aliphatic rings. The zero-order valence-corrected chi connectivity index (χ0v) is 10.0. The molecule has 0 aromatic carbocycles. The van der Waals surface area contributed by atoms with E-state index in [2.05, 4.69) is 15.4 Å². The first-order valence-electron chi connectivity index (χ1n) is 5.64. The van der Waals surface area contributed by atoms with Crippen LogP contribution in [0.4, 0.5) is 16.2 Å². The molecule has 0 spiro atoms. The third kappa shape index (κ3) is 2.50. The Hall–Kier alpha value is -1.51. The lowest BCUT2D eigenvalue weighted by Crippen LogP contribution is -2.50. The molecule has 4 N–H and O–H groups in total. The first kappa shape index (κ1) is 12.9. The summed E-state index contributed by atoms with van der Waals surface area (Å²) >= 11 is 0. The summed E-state index contributed by atoms with van der Waals surface area (Å²) in [6.07, 6.45) is 0.720. The Balaban J connectivity index is 2.27. The zero-order chi connectivity index (χ0) is 13.1. The monoisotopic (exact) mass is 257 g/mol. The normalized spacial score (nSPS) is 24.1. The smallest absolute Gasteiger partial charge is 0.239 e. The number of nitrogens with two attached hydrogens (primary N) is 1. The lowest BCUT2D eigenvalue weighted by atomic mass is 10.2. The molecule has 1 aliphatic heterocycles. The van der Waals surface area contributed by atoms with Crippen molar-refractivity contribution in [1.29, 1.82) is 0 Å². The summed E-state index contributed by atoms with van der Waals surface area (Å²) in [4.78, 5) is 9.43. The van der Waals surface area contributed by atoms with E-state index < -0.39 is 5.82 Å². The van der Waals surface area contributed by atoms with E-state index in [0.29, 0.717) is 13.2 Å².